The number of carbonyl (C=O) groups excluding carboxylic acids is 1. The molecule has 24 heavy (non-hydrogen) atoms. The van der Waals surface area contributed by atoms with Gasteiger partial charge in [-0.3, -0.25) is 0 Å². The number of para-hydroxylation sites is 1. The lowest BCUT2D eigenvalue weighted by atomic mass is 10.1. The van der Waals surface area contributed by atoms with Gasteiger partial charge in [-0.2, -0.15) is 5.26 Å². The first-order chi connectivity index (χ1) is 11.7. The van der Waals surface area contributed by atoms with Crippen LogP contribution < -0.4 is 9.47 Å². The number of hydrogen-bond donors (Lipinski definition) is 0. The summed E-state index contributed by atoms with van der Waals surface area (Å²) in [5.41, 5.74) is 0.363. The van der Waals surface area contributed by atoms with E-state index in [4.69, 9.17) is 26.3 Å². The Morgan fingerprint density at radius 2 is 1.67 bits per heavy atom. The number of benzene rings is 3. The molecule has 0 saturated heterocycles. The van der Waals surface area contributed by atoms with Gasteiger partial charge in [0.25, 0.3) is 0 Å². The van der Waals surface area contributed by atoms with Gasteiger partial charge in [0.1, 0.15) is 17.6 Å². The lowest BCUT2D eigenvalue weighted by Crippen LogP contribution is -2.18. The summed E-state index contributed by atoms with van der Waals surface area (Å²) >= 11 is 6.14. The van der Waals surface area contributed by atoms with Crippen molar-refractivity contribution in [1.29, 1.82) is 5.26 Å². The largest absolute Gasteiger partial charge is 0.481 e. The van der Waals surface area contributed by atoms with Crippen LogP contribution in [0.5, 0.6) is 11.5 Å². The second-order valence-corrected chi connectivity index (χ2v) is 5.37. The van der Waals surface area contributed by atoms with Gasteiger partial charge in [-0.05, 0) is 24.3 Å². The zero-order chi connectivity index (χ0) is 16.9. The van der Waals surface area contributed by atoms with Crippen molar-refractivity contribution in [3.05, 3.63) is 71.2 Å². The Bertz CT molecular complexity index is 947. The quantitative estimate of drug-likeness (QED) is 0.524. The van der Waals surface area contributed by atoms with E-state index in [2.05, 4.69) is 0 Å². The summed E-state index contributed by atoms with van der Waals surface area (Å²) < 4.78 is 10.7. The van der Waals surface area contributed by atoms with E-state index in [1.807, 2.05) is 30.3 Å². The summed E-state index contributed by atoms with van der Waals surface area (Å²) in [5, 5.41) is 11.1. The summed E-state index contributed by atoms with van der Waals surface area (Å²) in [6, 6.07) is 19.4. The molecule has 0 fully saturated rings. The zero-order valence-corrected chi connectivity index (χ0v) is 13.3. The highest BCUT2D eigenvalue weighted by atomic mass is 35.5. The number of nitriles is 1. The van der Waals surface area contributed by atoms with Crippen LogP contribution in [0.4, 0.5) is 0 Å². The van der Waals surface area contributed by atoms with E-state index >= 15 is 0 Å². The molecule has 0 aromatic heterocycles. The Kier molecular flexibility index (Phi) is 4.64. The first-order valence-electron chi connectivity index (χ1n) is 7.19. The average Bonchev–Trinajstić information content (AvgIpc) is 2.63. The van der Waals surface area contributed by atoms with E-state index < -0.39 is 5.97 Å². The van der Waals surface area contributed by atoms with Crippen molar-refractivity contribution in [2.24, 2.45) is 0 Å². The highest BCUT2D eigenvalue weighted by Crippen LogP contribution is 2.31. The minimum Gasteiger partial charge on any atom is -0.481 e. The normalized spacial score (nSPS) is 10.2. The topological polar surface area (TPSA) is 59.3 Å². The molecule has 0 aliphatic rings. The fraction of sp³-hybridized carbons (Fsp3) is 0.0526. The molecule has 4 nitrogen and oxygen atoms in total. The second kappa shape index (κ2) is 7.03. The molecule has 0 N–H and O–H groups in total. The lowest BCUT2D eigenvalue weighted by molar-refractivity contribution is -0.136. The molecule has 3 aromatic carbocycles. The minimum absolute atomic E-state index is 0.296. The van der Waals surface area contributed by atoms with Gasteiger partial charge >= 0.3 is 5.97 Å². The molecule has 0 atom stereocenters. The van der Waals surface area contributed by atoms with Crippen molar-refractivity contribution in [2.45, 2.75) is 0 Å². The van der Waals surface area contributed by atoms with Gasteiger partial charge in [-0.15, -0.1) is 0 Å². The molecule has 0 amide bonds. The standard InChI is InChI=1S/C19H12ClNO3/c20-16-9-10-18(15-7-3-2-6-14(15)16)24-19(22)12-23-17-8-4-1-5-13(17)11-21/h1-10H,12H2. The molecule has 0 unspecified atom stereocenters. The van der Waals surface area contributed by atoms with Crippen LogP contribution in [0, 0.1) is 11.3 Å². The van der Waals surface area contributed by atoms with Crippen molar-refractivity contribution in [3.8, 4) is 17.6 Å². The van der Waals surface area contributed by atoms with Gasteiger partial charge in [-0.1, -0.05) is 48.0 Å². The molecule has 0 heterocycles. The number of halogens is 1. The van der Waals surface area contributed by atoms with Gasteiger partial charge in [0.15, 0.2) is 6.61 Å². The monoisotopic (exact) mass is 337 g/mol. The van der Waals surface area contributed by atoms with E-state index in [0.29, 0.717) is 22.1 Å². The van der Waals surface area contributed by atoms with Crippen molar-refractivity contribution < 1.29 is 14.3 Å². The maximum atomic E-state index is 12.1. The van der Waals surface area contributed by atoms with Crippen LogP contribution in [0.2, 0.25) is 5.02 Å². The maximum absolute atomic E-state index is 12.1. The SMILES string of the molecule is N#Cc1ccccc1OCC(=O)Oc1ccc(Cl)c2ccccc12. The van der Waals surface area contributed by atoms with E-state index in [9.17, 15) is 4.79 Å². The summed E-state index contributed by atoms with van der Waals surface area (Å²) in [5.74, 6) is 0.199. The Labute approximate surface area is 143 Å². The molecule has 118 valence electrons. The molecule has 3 rings (SSSR count). The second-order valence-electron chi connectivity index (χ2n) is 4.96. The number of nitrogens with zero attached hydrogens (tertiary/aromatic N) is 1. The van der Waals surface area contributed by atoms with Gasteiger partial charge < -0.3 is 9.47 Å². The molecular weight excluding hydrogens is 326 g/mol. The van der Waals surface area contributed by atoms with Crippen LogP contribution in [-0.2, 0) is 4.79 Å². The highest BCUT2D eigenvalue weighted by molar-refractivity contribution is 6.35. The molecule has 5 heteroatoms. The molecule has 0 aliphatic heterocycles. The molecule has 0 bridgehead atoms. The van der Waals surface area contributed by atoms with Gasteiger partial charge in [0, 0.05) is 15.8 Å². The summed E-state index contributed by atoms with van der Waals surface area (Å²) in [4.78, 5) is 12.1. The molecule has 0 aliphatic carbocycles. The van der Waals surface area contributed by atoms with Crippen LogP contribution >= 0.6 is 11.6 Å². The lowest BCUT2D eigenvalue weighted by Gasteiger charge is -2.10. The van der Waals surface area contributed by atoms with Crippen LogP contribution in [0.1, 0.15) is 5.56 Å². The highest BCUT2D eigenvalue weighted by Gasteiger charge is 2.12. The predicted molar refractivity (Wildman–Crippen MR) is 91.2 cm³/mol. The smallest absolute Gasteiger partial charge is 0.349 e. The Morgan fingerprint density at radius 3 is 2.46 bits per heavy atom. The van der Waals surface area contributed by atoms with Crippen LogP contribution in [0.15, 0.2) is 60.7 Å². The molecule has 0 spiro atoms. The first kappa shape index (κ1) is 15.9. The summed E-state index contributed by atoms with van der Waals surface area (Å²) in [6.07, 6.45) is 0. The number of fused-ring (bicyclic) bond motifs is 1. The summed E-state index contributed by atoms with van der Waals surface area (Å²) in [7, 11) is 0. The first-order valence-corrected chi connectivity index (χ1v) is 7.56. The fourth-order valence-corrected chi connectivity index (χ4v) is 2.53. The van der Waals surface area contributed by atoms with Crippen molar-refractivity contribution >= 4 is 28.3 Å². The predicted octanol–water partition coefficient (Wildman–Crippen LogP) is 4.35. The van der Waals surface area contributed by atoms with Crippen molar-refractivity contribution in [3.63, 3.8) is 0 Å². The number of ether oxygens (including phenoxy) is 2. The number of esters is 1. The Balaban J connectivity index is 1.74. The van der Waals surface area contributed by atoms with Gasteiger partial charge in [-0.25, -0.2) is 4.79 Å². The minimum atomic E-state index is -0.560. The molecule has 3 aromatic rings. The van der Waals surface area contributed by atoms with Gasteiger partial charge in [0.2, 0.25) is 0 Å². The number of carbonyl (C=O) groups is 1. The average molecular weight is 338 g/mol. The molecular formula is C19H12ClNO3. The van der Waals surface area contributed by atoms with Crippen molar-refractivity contribution in [1.82, 2.24) is 0 Å². The summed E-state index contributed by atoms with van der Waals surface area (Å²) in [6.45, 7) is -0.296. The van der Waals surface area contributed by atoms with E-state index in [-0.39, 0.29) is 6.61 Å². The van der Waals surface area contributed by atoms with E-state index in [0.717, 1.165) is 10.8 Å². The van der Waals surface area contributed by atoms with Crippen LogP contribution in [0.25, 0.3) is 10.8 Å². The Morgan fingerprint density at radius 1 is 0.958 bits per heavy atom. The third-order valence-electron chi connectivity index (χ3n) is 3.41. The third kappa shape index (κ3) is 3.32. The zero-order valence-electron chi connectivity index (χ0n) is 12.5. The maximum Gasteiger partial charge on any atom is 0.349 e. The van der Waals surface area contributed by atoms with Crippen molar-refractivity contribution in [2.75, 3.05) is 6.61 Å². The third-order valence-corrected chi connectivity index (χ3v) is 3.74. The van der Waals surface area contributed by atoms with E-state index in [1.165, 1.54) is 0 Å². The van der Waals surface area contributed by atoms with E-state index in [1.54, 1.807) is 36.4 Å². The molecule has 0 saturated carbocycles. The van der Waals surface area contributed by atoms with Crippen LogP contribution in [0.3, 0.4) is 0 Å². The fourth-order valence-electron chi connectivity index (χ4n) is 2.30. The Hall–Kier alpha value is -3.03. The number of rotatable bonds is 4. The van der Waals surface area contributed by atoms with Gasteiger partial charge in [0.05, 0.1) is 5.56 Å². The molecule has 0 radical (unpaired) electrons. The number of hydrogen-bond acceptors (Lipinski definition) is 4. The van der Waals surface area contributed by atoms with Crippen LogP contribution in [-0.4, -0.2) is 12.6 Å².